The maximum Gasteiger partial charge on any atom is 0.139 e. The van der Waals surface area contributed by atoms with Crippen molar-refractivity contribution in [3.63, 3.8) is 0 Å². The minimum absolute atomic E-state index is 0.416. The summed E-state index contributed by atoms with van der Waals surface area (Å²) in [5, 5.41) is 1.72. The van der Waals surface area contributed by atoms with Crippen LogP contribution >= 0.6 is 11.6 Å². The maximum absolute atomic E-state index is 6.02. The average Bonchev–Trinajstić information content (AvgIpc) is 2.48. The van der Waals surface area contributed by atoms with Crippen molar-refractivity contribution in [2.24, 2.45) is 0 Å². The fourth-order valence-corrected chi connectivity index (χ4v) is 1.74. The Bertz CT molecular complexity index is 431. The van der Waals surface area contributed by atoms with E-state index >= 15 is 0 Å². The lowest BCUT2D eigenvalue weighted by Gasteiger charge is -2.06. The fraction of sp³-hybridized carbons (Fsp3) is 0.300. The Kier molecular flexibility index (Phi) is 2.00. The van der Waals surface area contributed by atoms with Gasteiger partial charge in [-0.1, -0.05) is 25.4 Å². The first-order valence-corrected chi connectivity index (χ1v) is 4.70. The third kappa shape index (κ3) is 1.42. The third-order valence-electron chi connectivity index (χ3n) is 2.14. The number of hydrogen-bond donors (Lipinski definition) is 1. The van der Waals surface area contributed by atoms with Crippen LogP contribution in [-0.4, -0.2) is 9.97 Å². The SMILES string of the molecule is CC(C)c1cc2cc[nH]c2nc1Cl. The van der Waals surface area contributed by atoms with E-state index in [4.69, 9.17) is 11.6 Å². The molecular weight excluding hydrogens is 184 g/mol. The van der Waals surface area contributed by atoms with Crippen LogP contribution in [0.2, 0.25) is 5.15 Å². The van der Waals surface area contributed by atoms with E-state index in [2.05, 4.69) is 29.9 Å². The Balaban J connectivity index is 2.69. The van der Waals surface area contributed by atoms with Crippen molar-refractivity contribution in [3.8, 4) is 0 Å². The highest BCUT2D eigenvalue weighted by atomic mass is 35.5. The first kappa shape index (κ1) is 8.57. The van der Waals surface area contributed by atoms with E-state index in [1.807, 2.05) is 12.3 Å². The zero-order valence-electron chi connectivity index (χ0n) is 7.63. The van der Waals surface area contributed by atoms with E-state index in [0.717, 1.165) is 16.6 Å². The molecule has 2 rings (SSSR count). The van der Waals surface area contributed by atoms with Crippen LogP contribution in [0.4, 0.5) is 0 Å². The Hall–Kier alpha value is -1.02. The Morgan fingerprint density at radius 2 is 2.23 bits per heavy atom. The van der Waals surface area contributed by atoms with Gasteiger partial charge >= 0.3 is 0 Å². The first-order chi connectivity index (χ1) is 6.18. The van der Waals surface area contributed by atoms with Crippen LogP contribution in [0.25, 0.3) is 11.0 Å². The number of pyridine rings is 1. The van der Waals surface area contributed by atoms with Gasteiger partial charge in [-0.05, 0) is 23.6 Å². The molecule has 0 fully saturated rings. The summed E-state index contributed by atoms with van der Waals surface area (Å²) in [5.41, 5.74) is 1.96. The number of nitrogens with zero attached hydrogens (tertiary/aromatic N) is 1. The molecule has 0 amide bonds. The number of nitrogens with one attached hydrogen (secondary N) is 1. The summed E-state index contributed by atoms with van der Waals surface area (Å²) < 4.78 is 0. The van der Waals surface area contributed by atoms with Crippen molar-refractivity contribution in [1.82, 2.24) is 9.97 Å². The number of rotatable bonds is 1. The number of aromatic amines is 1. The molecule has 0 atom stereocenters. The lowest BCUT2D eigenvalue weighted by Crippen LogP contribution is -1.91. The minimum atomic E-state index is 0.416. The van der Waals surface area contributed by atoms with Crippen molar-refractivity contribution < 1.29 is 0 Å². The normalized spacial score (nSPS) is 11.4. The number of fused-ring (bicyclic) bond motifs is 1. The fourth-order valence-electron chi connectivity index (χ4n) is 1.38. The van der Waals surface area contributed by atoms with Gasteiger partial charge in [-0.15, -0.1) is 0 Å². The Labute approximate surface area is 81.9 Å². The minimum Gasteiger partial charge on any atom is -0.346 e. The number of hydrogen-bond acceptors (Lipinski definition) is 1. The smallest absolute Gasteiger partial charge is 0.139 e. The van der Waals surface area contributed by atoms with E-state index in [1.165, 1.54) is 0 Å². The molecule has 2 aromatic rings. The molecule has 13 heavy (non-hydrogen) atoms. The molecule has 0 saturated carbocycles. The van der Waals surface area contributed by atoms with Crippen molar-refractivity contribution in [1.29, 1.82) is 0 Å². The van der Waals surface area contributed by atoms with Gasteiger partial charge in [-0.2, -0.15) is 0 Å². The number of aromatic nitrogens is 2. The molecule has 0 unspecified atom stereocenters. The molecule has 0 aliphatic rings. The summed E-state index contributed by atoms with van der Waals surface area (Å²) in [6.07, 6.45) is 1.87. The summed E-state index contributed by atoms with van der Waals surface area (Å²) in [4.78, 5) is 7.30. The largest absolute Gasteiger partial charge is 0.346 e. The predicted octanol–water partition coefficient (Wildman–Crippen LogP) is 3.34. The van der Waals surface area contributed by atoms with Crippen LogP contribution < -0.4 is 0 Å². The van der Waals surface area contributed by atoms with E-state index in [9.17, 15) is 0 Å². The lowest BCUT2D eigenvalue weighted by atomic mass is 10.1. The molecular formula is C10H11ClN2. The van der Waals surface area contributed by atoms with Gasteiger partial charge in [-0.3, -0.25) is 0 Å². The predicted molar refractivity (Wildman–Crippen MR) is 55.2 cm³/mol. The van der Waals surface area contributed by atoms with Gasteiger partial charge in [0.25, 0.3) is 0 Å². The molecule has 1 N–H and O–H groups in total. The monoisotopic (exact) mass is 194 g/mol. The molecule has 0 saturated heterocycles. The highest BCUT2D eigenvalue weighted by Crippen LogP contribution is 2.25. The zero-order valence-corrected chi connectivity index (χ0v) is 8.39. The van der Waals surface area contributed by atoms with Gasteiger partial charge in [0.1, 0.15) is 10.8 Å². The average molecular weight is 195 g/mol. The molecule has 0 aromatic carbocycles. The van der Waals surface area contributed by atoms with Gasteiger partial charge in [0, 0.05) is 11.6 Å². The van der Waals surface area contributed by atoms with Crippen LogP contribution in [0.15, 0.2) is 18.3 Å². The van der Waals surface area contributed by atoms with Crippen molar-refractivity contribution >= 4 is 22.6 Å². The second kappa shape index (κ2) is 3.04. The van der Waals surface area contributed by atoms with Crippen LogP contribution in [0, 0.1) is 0 Å². The van der Waals surface area contributed by atoms with Crippen LogP contribution in [-0.2, 0) is 0 Å². The van der Waals surface area contributed by atoms with Crippen molar-refractivity contribution in [2.75, 3.05) is 0 Å². The molecule has 2 aromatic heterocycles. The zero-order chi connectivity index (χ0) is 9.42. The quantitative estimate of drug-likeness (QED) is 0.693. The second-order valence-corrected chi connectivity index (χ2v) is 3.80. The molecule has 0 spiro atoms. The number of halogens is 1. The van der Waals surface area contributed by atoms with Gasteiger partial charge in [0.2, 0.25) is 0 Å². The van der Waals surface area contributed by atoms with Crippen LogP contribution in [0.1, 0.15) is 25.3 Å². The van der Waals surface area contributed by atoms with Crippen molar-refractivity contribution in [2.45, 2.75) is 19.8 Å². The topological polar surface area (TPSA) is 28.7 Å². The molecule has 3 heteroatoms. The van der Waals surface area contributed by atoms with E-state index in [0.29, 0.717) is 11.1 Å². The summed E-state index contributed by atoms with van der Waals surface area (Å²) >= 11 is 6.02. The second-order valence-electron chi connectivity index (χ2n) is 3.44. The van der Waals surface area contributed by atoms with Crippen LogP contribution in [0.3, 0.4) is 0 Å². The highest BCUT2D eigenvalue weighted by Gasteiger charge is 2.08. The van der Waals surface area contributed by atoms with E-state index in [-0.39, 0.29) is 0 Å². The summed E-state index contributed by atoms with van der Waals surface area (Å²) in [5.74, 6) is 0.416. The summed E-state index contributed by atoms with van der Waals surface area (Å²) in [6, 6.07) is 4.09. The van der Waals surface area contributed by atoms with E-state index < -0.39 is 0 Å². The highest BCUT2D eigenvalue weighted by molar-refractivity contribution is 6.30. The molecule has 2 heterocycles. The van der Waals surface area contributed by atoms with Crippen LogP contribution in [0.5, 0.6) is 0 Å². The van der Waals surface area contributed by atoms with E-state index in [1.54, 1.807) is 0 Å². The Morgan fingerprint density at radius 3 is 2.92 bits per heavy atom. The van der Waals surface area contributed by atoms with Crippen molar-refractivity contribution in [3.05, 3.63) is 29.0 Å². The first-order valence-electron chi connectivity index (χ1n) is 4.32. The van der Waals surface area contributed by atoms with Gasteiger partial charge < -0.3 is 4.98 Å². The third-order valence-corrected chi connectivity index (χ3v) is 2.44. The number of H-pyrrole nitrogens is 1. The molecule has 0 aliphatic carbocycles. The molecule has 0 radical (unpaired) electrons. The standard InChI is InChI=1S/C10H11ClN2/c1-6(2)8-5-7-3-4-12-10(7)13-9(8)11/h3-6H,1-2H3,(H,12,13). The summed E-state index contributed by atoms with van der Waals surface area (Å²) in [7, 11) is 0. The Morgan fingerprint density at radius 1 is 1.46 bits per heavy atom. The molecule has 0 aliphatic heterocycles. The van der Waals surface area contributed by atoms with Gasteiger partial charge in [0.15, 0.2) is 0 Å². The lowest BCUT2D eigenvalue weighted by molar-refractivity contribution is 0.862. The maximum atomic E-state index is 6.02. The van der Waals surface area contributed by atoms with Gasteiger partial charge in [-0.25, -0.2) is 4.98 Å². The van der Waals surface area contributed by atoms with Gasteiger partial charge in [0.05, 0.1) is 0 Å². The molecule has 0 bridgehead atoms. The molecule has 2 nitrogen and oxygen atoms in total. The summed E-state index contributed by atoms with van der Waals surface area (Å²) in [6.45, 7) is 4.22. The molecule has 68 valence electrons.